The lowest BCUT2D eigenvalue weighted by molar-refractivity contribution is 0.000107. The molecule has 2 N–H and O–H groups in total. The first-order valence-corrected chi connectivity index (χ1v) is 13.0. The van der Waals surface area contributed by atoms with Crippen molar-refractivity contribution in [3.05, 3.63) is 65.7 Å². The number of benzene rings is 2. The Labute approximate surface area is 230 Å². The number of carbonyl (C=O) groups excluding carboxylic acids is 2. The van der Waals surface area contributed by atoms with Crippen molar-refractivity contribution >= 4 is 28.7 Å². The van der Waals surface area contributed by atoms with Crippen LogP contribution in [-0.4, -0.2) is 62.3 Å². The third kappa shape index (κ3) is 5.45. The molecule has 2 aromatic carbocycles. The number of ketones is 1. The topological polar surface area (TPSA) is 125 Å². The number of nitrogen functional groups attached to an aromatic ring is 1. The van der Waals surface area contributed by atoms with Gasteiger partial charge in [-0.3, -0.25) is 4.79 Å². The number of hydrogen-bond donors (Lipinski definition) is 1. The van der Waals surface area contributed by atoms with Crippen molar-refractivity contribution in [2.45, 2.75) is 45.3 Å². The maximum atomic E-state index is 13.7. The van der Waals surface area contributed by atoms with Crippen LogP contribution in [0.1, 0.15) is 49.2 Å². The molecule has 1 aliphatic rings. The molecule has 0 saturated carbocycles. The zero-order valence-corrected chi connectivity index (χ0v) is 22.8. The van der Waals surface area contributed by atoms with Crippen molar-refractivity contribution in [3.8, 4) is 17.0 Å². The molecule has 1 fully saturated rings. The van der Waals surface area contributed by atoms with Gasteiger partial charge in [-0.1, -0.05) is 24.3 Å². The monoisotopic (exact) mass is 546 g/mol. The number of Topliss-reactive ketones (excluding diaryl/α,β-unsaturated/α-hetero) is 1. The highest BCUT2D eigenvalue weighted by Gasteiger charge is 2.37. The number of hydrogen-bond acceptors (Lipinski definition) is 8. The summed E-state index contributed by atoms with van der Waals surface area (Å²) in [5.41, 5.74) is 8.89. The summed E-state index contributed by atoms with van der Waals surface area (Å²) in [7, 11) is 1.45. The van der Waals surface area contributed by atoms with Gasteiger partial charge in [0.25, 0.3) is 0 Å². The van der Waals surface area contributed by atoms with Crippen LogP contribution in [-0.2, 0) is 11.2 Å². The second-order valence-corrected chi connectivity index (χ2v) is 10.8. The Kier molecular flexibility index (Phi) is 7.14. The number of aryl methyl sites for hydroxylation is 1. The maximum absolute atomic E-state index is 13.7. The Bertz CT molecular complexity index is 1570. The number of anilines is 1. The van der Waals surface area contributed by atoms with Gasteiger partial charge in [0.15, 0.2) is 11.4 Å². The molecule has 11 heteroatoms. The van der Waals surface area contributed by atoms with Gasteiger partial charge >= 0.3 is 6.09 Å². The standard InChI is InChI=1S/C29H31FN6O4/c1-29(2,3)40-28(38)35-14-20(15-35)36-27-24(26(31)32-16-33-27)25(34-36)18-8-5-17(6-9-18)7-11-22(37)21-13-19(30)10-12-23(21)39-4/h5-6,8-10,12-13,16,20H,7,11,14-15H2,1-4H3,(H2,31,32,33). The van der Waals surface area contributed by atoms with Crippen LogP contribution in [0.3, 0.4) is 0 Å². The highest BCUT2D eigenvalue weighted by atomic mass is 19.1. The average molecular weight is 547 g/mol. The van der Waals surface area contributed by atoms with Crippen LogP contribution in [0.4, 0.5) is 15.0 Å². The molecule has 0 radical (unpaired) electrons. The molecule has 0 atom stereocenters. The van der Waals surface area contributed by atoms with Crippen molar-refractivity contribution in [3.63, 3.8) is 0 Å². The second kappa shape index (κ2) is 10.6. The van der Waals surface area contributed by atoms with E-state index in [2.05, 4.69) is 9.97 Å². The summed E-state index contributed by atoms with van der Waals surface area (Å²) in [6.45, 7) is 6.38. The van der Waals surface area contributed by atoms with Crippen LogP contribution in [0.2, 0.25) is 0 Å². The normalized spacial score (nSPS) is 13.8. The first-order valence-electron chi connectivity index (χ1n) is 13.0. The summed E-state index contributed by atoms with van der Waals surface area (Å²) in [5.74, 6) is -0.0168. The summed E-state index contributed by atoms with van der Waals surface area (Å²) >= 11 is 0. The molecule has 40 heavy (non-hydrogen) atoms. The van der Waals surface area contributed by atoms with E-state index in [4.69, 9.17) is 20.3 Å². The number of ether oxygens (including phenoxy) is 2. The molecule has 4 aromatic rings. The van der Waals surface area contributed by atoms with E-state index in [9.17, 15) is 14.0 Å². The van der Waals surface area contributed by atoms with E-state index in [0.29, 0.717) is 47.8 Å². The first kappa shape index (κ1) is 27.0. The number of nitrogens with two attached hydrogens (primary N) is 1. The Morgan fingerprint density at radius 3 is 2.50 bits per heavy atom. The number of carbonyl (C=O) groups is 2. The van der Waals surface area contributed by atoms with Crippen LogP contribution in [0.15, 0.2) is 48.8 Å². The van der Waals surface area contributed by atoms with Crippen molar-refractivity contribution in [2.24, 2.45) is 0 Å². The van der Waals surface area contributed by atoms with Crippen LogP contribution >= 0.6 is 0 Å². The Hall–Kier alpha value is -4.54. The number of fused-ring (bicyclic) bond motifs is 1. The maximum Gasteiger partial charge on any atom is 0.410 e. The Morgan fingerprint density at radius 2 is 1.82 bits per heavy atom. The minimum atomic E-state index is -0.568. The average Bonchev–Trinajstić information content (AvgIpc) is 3.26. The molecule has 208 valence electrons. The number of aromatic nitrogens is 4. The fourth-order valence-corrected chi connectivity index (χ4v) is 4.66. The predicted molar refractivity (Wildman–Crippen MR) is 148 cm³/mol. The van der Waals surface area contributed by atoms with E-state index in [0.717, 1.165) is 11.1 Å². The SMILES string of the molecule is COc1ccc(F)cc1C(=O)CCc1ccc(-c2nn(C3CN(C(=O)OC(C)(C)C)C3)c3ncnc(N)c23)cc1. The summed E-state index contributed by atoms with van der Waals surface area (Å²) in [6, 6.07) is 11.5. The zero-order chi connectivity index (χ0) is 28.6. The smallest absolute Gasteiger partial charge is 0.410 e. The second-order valence-electron chi connectivity index (χ2n) is 10.8. The van der Waals surface area contributed by atoms with E-state index in [1.165, 1.54) is 31.6 Å². The van der Waals surface area contributed by atoms with Gasteiger partial charge in [0.1, 0.15) is 35.0 Å². The third-order valence-electron chi connectivity index (χ3n) is 6.71. The fraction of sp³-hybridized carbons (Fsp3) is 0.345. The molecule has 5 rings (SSSR count). The van der Waals surface area contributed by atoms with Gasteiger partial charge < -0.3 is 20.1 Å². The number of methoxy groups -OCH3 is 1. The zero-order valence-electron chi connectivity index (χ0n) is 22.8. The molecule has 1 saturated heterocycles. The molecule has 0 bridgehead atoms. The van der Waals surface area contributed by atoms with Gasteiger partial charge in [0.05, 0.1) is 24.1 Å². The summed E-state index contributed by atoms with van der Waals surface area (Å²) in [6.07, 6.45) is 1.71. The lowest BCUT2D eigenvalue weighted by Gasteiger charge is -2.39. The third-order valence-corrected chi connectivity index (χ3v) is 6.71. The largest absolute Gasteiger partial charge is 0.496 e. The van der Waals surface area contributed by atoms with Gasteiger partial charge in [-0.15, -0.1) is 0 Å². The van der Waals surface area contributed by atoms with E-state index < -0.39 is 11.4 Å². The van der Waals surface area contributed by atoms with Gasteiger partial charge in [-0.25, -0.2) is 23.8 Å². The predicted octanol–water partition coefficient (Wildman–Crippen LogP) is 4.83. The molecule has 10 nitrogen and oxygen atoms in total. The lowest BCUT2D eigenvalue weighted by Crippen LogP contribution is -2.52. The number of halogens is 1. The molecule has 1 aliphatic heterocycles. The summed E-state index contributed by atoms with van der Waals surface area (Å²) in [4.78, 5) is 35.4. The minimum absolute atomic E-state index is 0.0804. The van der Waals surface area contributed by atoms with Crippen molar-refractivity contribution < 1.29 is 23.5 Å². The summed E-state index contributed by atoms with van der Waals surface area (Å²) < 4.78 is 26.2. The first-order chi connectivity index (χ1) is 19.0. The van der Waals surface area contributed by atoms with E-state index >= 15 is 0 Å². The van der Waals surface area contributed by atoms with E-state index in [1.54, 1.807) is 9.58 Å². The lowest BCUT2D eigenvalue weighted by atomic mass is 10.00. The molecule has 0 spiro atoms. The van der Waals surface area contributed by atoms with Gasteiger partial charge in [0, 0.05) is 25.1 Å². The van der Waals surface area contributed by atoms with Crippen LogP contribution < -0.4 is 10.5 Å². The minimum Gasteiger partial charge on any atom is -0.496 e. The molecule has 0 aliphatic carbocycles. The van der Waals surface area contributed by atoms with Crippen LogP contribution in [0.5, 0.6) is 5.75 Å². The highest BCUT2D eigenvalue weighted by molar-refractivity contribution is 5.99. The Morgan fingerprint density at radius 1 is 1.10 bits per heavy atom. The van der Waals surface area contributed by atoms with Crippen LogP contribution in [0.25, 0.3) is 22.3 Å². The Balaban J connectivity index is 1.33. The van der Waals surface area contributed by atoms with Gasteiger partial charge in [-0.2, -0.15) is 5.10 Å². The van der Waals surface area contributed by atoms with Crippen LogP contribution in [0, 0.1) is 5.82 Å². The van der Waals surface area contributed by atoms with Crippen molar-refractivity contribution in [2.75, 3.05) is 25.9 Å². The van der Waals surface area contributed by atoms with Crippen molar-refractivity contribution in [1.29, 1.82) is 0 Å². The van der Waals surface area contributed by atoms with Crippen molar-refractivity contribution in [1.82, 2.24) is 24.6 Å². The molecule has 2 aromatic heterocycles. The molecular weight excluding hydrogens is 515 g/mol. The molecule has 3 heterocycles. The van der Waals surface area contributed by atoms with E-state index in [-0.39, 0.29) is 29.9 Å². The van der Waals surface area contributed by atoms with Gasteiger partial charge in [-0.05, 0) is 51.0 Å². The van der Waals surface area contributed by atoms with E-state index in [1.807, 2.05) is 45.0 Å². The number of rotatable bonds is 7. The number of likely N-dealkylation sites (tertiary alicyclic amines) is 1. The highest BCUT2D eigenvalue weighted by Crippen LogP contribution is 2.34. The van der Waals surface area contributed by atoms with Gasteiger partial charge in [0.2, 0.25) is 0 Å². The quantitative estimate of drug-likeness (QED) is 0.327. The molecule has 1 amide bonds. The fourth-order valence-electron chi connectivity index (χ4n) is 4.66. The molecule has 0 unspecified atom stereocenters. The number of nitrogens with zero attached hydrogens (tertiary/aromatic N) is 5. The number of amides is 1. The summed E-state index contributed by atoms with van der Waals surface area (Å²) in [5, 5.41) is 5.47. The molecular formula is C29H31FN6O4.